The molecule has 0 radical (unpaired) electrons. The number of hydrogen-bond donors (Lipinski definition) is 2. The molecule has 0 aliphatic carbocycles. The molecule has 0 saturated carbocycles. The molecule has 1 aromatic heterocycles. The Morgan fingerprint density at radius 1 is 1.59 bits per heavy atom. The zero-order valence-corrected chi connectivity index (χ0v) is 10.6. The van der Waals surface area contributed by atoms with Crippen LogP contribution < -0.4 is 5.32 Å². The van der Waals surface area contributed by atoms with Gasteiger partial charge in [-0.25, -0.2) is 4.68 Å². The lowest BCUT2D eigenvalue weighted by Gasteiger charge is -2.15. The quantitative estimate of drug-likeness (QED) is 0.646. The van der Waals surface area contributed by atoms with Gasteiger partial charge in [0.1, 0.15) is 0 Å². The zero-order valence-electron chi connectivity index (χ0n) is 10.6. The minimum absolute atomic E-state index is 0.0817. The molecular formula is C11H22N4O2. The van der Waals surface area contributed by atoms with Crippen molar-refractivity contribution in [1.82, 2.24) is 20.3 Å². The smallest absolute Gasteiger partial charge is 0.0964 e. The molecule has 1 atom stereocenters. The first-order chi connectivity index (χ1) is 8.30. The van der Waals surface area contributed by atoms with Crippen LogP contribution in [0.4, 0.5) is 0 Å². The van der Waals surface area contributed by atoms with E-state index < -0.39 is 0 Å². The van der Waals surface area contributed by atoms with Crippen LogP contribution in [-0.2, 0) is 17.8 Å². The Morgan fingerprint density at radius 2 is 2.41 bits per heavy atom. The van der Waals surface area contributed by atoms with Crippen molar-refractivity contribution in [1.29, 1.82) is 0 Å². The van der Waals surface area contributed by atoms with E-state index in [4.69, 9.17) is 9.84 Å². The summed E-state index contributed by atoms with van der Waals surface area (Å²) in [6.07, 6.45) is 4.05. The Balaban J connectivity index is 2.35. The van der Waals surface area contributed by atoms with Gasteiger partial charge in [-0.05, 0) is 6.42 Å². The minimum atomic E-state index is 0.0817. The molecule has 0 amide bonds. The largest absolute Gasteiger partial charge is 0.394 e. The highest BCUT2D eigenvalue weighted by Gasteiger charge is 2.08. The molecule has 6 heteroatoms. The van der Waals surface area contributed by atoms with Crippen LogP contribution in [0.1, 0.15) is 25.5 Å². The van der Waals surface area contributed by atoms with Crippen LogP contribution in [0.2, 0.25) is 0 Å². The van der Waals surface area contributed by atoms with Gasteiger partial charge in [-0.1, -0.05) is 18.6 Å². The van der Waals surface area contributed by atoms with Gasteiger partial charge in [0.15, 0.2) is 0 Å². The standard InChI is InChI=1S/C11H22N4O2/c1-3-4-10(9-17-2)12-7-11-8-15(5-6-16)14-13-11/h8,10,12,16H,3-7,9H2,1-2H3. The molecule has 0 fully saturated rings. The third kappa shape index (κ3) is 5.25. The Hall–Kier alpha value is -0.980. The topological polar surface area (TPSA) is 72.2 Å². The van der Waals surface area contributed by atoms with Gasteiger partial charge in [0, 0.05) is 25.9 Å². The van der Waals surface area contributed by atoms with E-state index in [-0.39, 0.29) is 6.61 Å². The number of nitrogens with one attached hydrogen (secondary N) is 1. The van der Waals surface area contributed by atoms with Gasteiger partial charge in [0.2, 0.25) is 0 Å². The van der Waals surface area contributed by atoms with Crippen molar-refractivity contribution in [3.05, 3.63) is 11.9 Å². The van der Waals surface area contributed by atoms with Crippen LogP contribution in [0.15, 0.2) is 6.20 Å². The monoisotopic (exact) mass is 242 g/mol. The SMILES string of the molecule is CCCC(COC)NCc1cn(CCO)nn1. The van der Waals surface area contributed by atoms with E-state index in [2.05, 4.69) is 22.6 Å². The lowest BCUT2D eigenvalue weighted by atomic mass is 10.2. The lowest BCUT2D eigenvalue weighted by Crippen LogP contribution is -2.32. The first-order valence-electron chi connectivity index (χ1n) is 6.02. The zero-order chi connectivity index (χ0) is 12.5. The summed E-state index contributed by atoms with van der Waals surface area (Å²) in [5.74, 6) is 0. The van der Waals surface area contributed by atoms with Gasteiger partial charge in [-0.3, -0.25) is 0 Å². The molecule has 0 aromatic carbocycles. The Morgan fingerprint density at radius 3 is 3.06 bits per heavy atom. The third-order valence-corrected chi connectivity index (χ3v) is 2.49. The molecular weight excluding hydrogens is 220 g/mol. The second kappa shape index (κ2) is 8.16. The van der Waals surface area contributed by atoms with Crippen LogP contribution in [0.25, 0.3) is 0 Å². The molecule has 1 rings (SSSR count). The number of hydrogen-bond acceptors (Lipinski definition) is 5. The maximum Gasteiger partial charge on any atom is 0.0964 e. The fraction of sp³-hybridized carbons (Fsp3) is 0.818. The van der Waals surface area contributed by atoms with Crippen molar-refractivity contribution in [2.45, 2.75) is 38.9 Å². The molecule has 0 spiro atoms. The average molecular weight is 242 g/mol. The van der Waals surface area contributed by atoms with Gasteiger partial charge < -0.3 is 15.2 Å². The van der Waals surface area contributed by atoms with E-state index in [1.54, 1.807) is 11.8 Å². The number of rotatable bonds is 9. The van der Waals surface area contributed by atoms with Crippen molar-refractivity contribution in [3.8, 4) is 0 Å². The number of aliphatic hydroxyl groups is 1. The Labute approximate surface area is 102 Å². The summed E-state index contributed by atoms with van der Waals surface area (Å²) in [7, 11) is 1.71. The third-order valence-electron chi connectivity index (χ3n) is 2.49. The molecule has 0 bridgehead atoms. The van der Waals surface area contributed by atoms with Crippen LogP contribution in [0, 0.1) is 0 Å². The van der Waals surface area contributed by atoms with Crippen LogP contribution in [0.3, 0.4) is 0 Å². The molecule has 1 heterocycles. The highest BCUT2D eigenvalue weighted by atomic mass is 16.5. The van der Waals surface area contributed by atoms with Crippen molar-refractivity contribution >= 4 is 0 Å². The van der Waals surface area contributed by atoms with Crippen LogP contribution in [-0.4, -0.2) is 46.5 Å². The van der Waals surface area contributed by atoms with Crippen LogP contribution >= 0.6 is 0 Å². The van der Waals surface area contributed by atoms with Crippen molar-refractivity contribution < 1.29 is 9.84 Å². The fourth-order valence-corrected chi connectivity index (χ4v) is 1.67. The number of ether oxygens (including phenoxy) is 1. The molecule has 2 N–H and O–H groups in total. The predicted octanol–water partition coefficient (Wildman–Crippen LogP) is 0.175. The number of aromatic nitrogens is 3. The molecule has 0 aliphatic heterocycles. The summed E-state index contributed by atoms with van der Waals surface area (Å²) >= 11 is 0. The van der Waals surface area contributed by atoms with E-state index >= 15 is 0 Å². The normalized spacial score (nSPS) is 12.9. The number of methoxy groups -OCH3 is 1. The average Bonchev–Trinajstić information content (AvgIpc) is 2.75. The summed E-state index contributed by atoms with van der Waals surface area (Å²) in [6, 6.07) is 0.355. The predicted molar refractivity (Wildman–Crippen MR) is 64.5 cm³/mol. The first kappa shape index (κ1) is 14.1. The van der Waals surface area contributed by atoms with Crippen molar-refractivity contribution in [2.75, 3.05) is 20.3 Å². The maximum absolute atomic E-state index is 8.77. The van der Waals surface area contributed by atoms with Crippen molar-refractivity contribution in [2.24, 2.45) is 0 Å². The van der Waals surface area contributed by atoms with Gasteiger partial charge >= 0.3 is 0 Å². The van der Waals surface area contributed by atoms with E-state index in [1.165, 1.54) is 0 Å². The molecule has 1 unspecified atom stereocenters. The van der Waals surface area contributed by atoms with Gasteiger partial charge in [0.05, 0.1) is 25.5 Å². The molecule has 0 saturated heterocycles. The number of aliphatic hydroxyl groups excluding tert-OH is 1. The van der Waals surface area contributed by atoms with E-state index in [0.717, 1.165) is 18.5 Å². The summed E-state index contributed by atoms with van der Waals surface area (Å²) in [5, 5.41) is 20.1. The second-order valence-electron chi connectivity index (χ2n) is 4.02. The van der Waals surface area contributed by atoms with Gasteiger partial charge in [-0.2, -0.15) is 0 Å². The summed E-state index contributed by atoms with van der Waals surface area (Å²) in [5.41, 5.74) is 0.885. The van der Waals surface area contributed by atoms with Gasteiger partial charge in [0.25, 0.3) is 0 Å². The second-order valence-corrected chi connectivity index (χ2v) is 4.02. The van der Waals surface area contributed by atoms with E-state index in [1.807, 2.05) is 6.20 Å². The molecule has 98 valence electrons. The van der Waals surface area contributed by atoms with Gasteiger partial charge in [-0.15, -0.1) is 5.10 Å². The highest BCUT2D eigenvalue weighted by molar-refractivity contribution is 4.92. The summed E-state index contributed by atoms with van der Waals surface area (Å²) < 4.78 is 6.79. The molecule has 0 aliphatic rings. The molecule has 1 aromatic rings. The first-order valence-corrected chi connectivity index (χ1v) is 6.02. The van der Waals surface area contributed by atoms with Crippen molar-refractivity contribution in [3.63, 3.8) is 0 Å². The fourth-order valence-electron chi connectivity index (χ4n) is 1.67. The Bertz CT molecular complexity index is 297. The lowest BCUT2D eigenvalue weighted by molar-refractivity contribution is 0.161. The summed E-state index contributed by atoms with van der Waals surface area (Å²) in [4.78, 5) is 0. The van der Waals surface area contributed by atoms with E-state index in [9.17, 15) is 0 Å². The highest BCUT2D eigenvalue weighted by Crippen LogP contribution is 2.00. The molecule has 6 nitrogen and oxygen atoms in total. The van der Waals surface area contributed by atoms with Crippen LogP contribution in [0.5, 0.6) is 0 Å². The minimum Gasteiger partial charge on any atom is -0.394 e. The Kier molecular flexibility index (Phi) is 6.76. The van der Waals surface area contributed by atoms with E-state index in [0.29, 0.717) is 25.7 Å². The maximum atomic E-state index is 8.77. The number of nitrogens with zero attached hydrogens (tertiary/aromatic N) is 3. The molecule has 17 heavy (non-hydrogen) atoms. The summed E-state index contributed by atoms with van der Waals surface area (Å²) in [6.45, 7) is 4.11.